The van der Waals surface area contributed by atoms with Gasteiger partial charge in [0.15, 0.2) is 0 Å². The molecule has 5 heteroatoms. The highest BCUT2D eigenvalue weighted by atomic mass is 16.2. The van der Waals surface area contributed by atoms with E-state index in [0.717, 1.165) is 19.3 Å². The fourth-order valence-corrected chi connectivity index (χ4v) is 4.51. The van der Waals surface area contributed by atoms with Gasteiger partial charge in [-0.15, -0.1) is 0 Å². The molecule has 2 amide bonds. The molecule has 1 heterocycles. The van der Waals surface area contributed by atoms with Gasteiger partial charge in [0.25, 0.3) is 0 Å². The van der Waals surface area contributed by atoms with Gasteiger partial charge in [0.2, 0.25) is 11.8 Å². The van der Waals surface area contributed by atoms with Crippen LogP contribution in [0, 0.1) is 11.3 Å². The molecule has 1 saturated heterocycles. The third kappa shape index (κ3) is 4.31. The molecule has 0 aromatic heterocycles. The quantitative estimate of drug-likeness (QED) is 0.779. The van der Waals surface area contributed by atoms with E-state index in [9.17, 15) is 9.59 Å². The molecule has 2 aliphatic rings. The molecule has 0 radical (unpaired) electrons. The molecular formula is C25H37N3O2. The van der Waals surface area contributed by atoms with E-state index in [0.29, 0.717) is 13.1 Å². The lowest BCUT2D eigenvalue weighted by molar-refractivity contribution is -0.140. The summed E-state index contributed by atoms with van der Waals surface area (Å²) in [5.41, 5.74) is 8.49. The maximum atomic E-state index is 13.4. The number of nitrogens with two attached hydrogens (primary N) is 1. The summed E-state index contributed by atoms with van der Waals surface area (Å²) >= 11 is 0. The minimum absolute atomic E-state index is 0.0175. The summed E-state index contributed by atoms with van der Waals surface area (Å²) < 4.78 is 0. The van der Waals surface area contributed by atoms with Gasteiger partial charge in [0, 0.05) is 18.5 Å². The minimum atomic E-state index is -0.651. The predicted molar refractivity (Wildman–Crippen MR) is 122 cm³/mol. The molecule has 1 aromatic rings. The van der Waals surface area contributed by atoms with Crippen molar-refractivity contribution in [2.75, 3.05) is 13.1 Å². The number of allylic oxidation sites excluding steroid dienone is 1. The number of benzene rings is 1. The van der Waals surface area contributed by atoms with Crippen molar-refractivity contribution in [2.24, 2.45) is 17.1 Å². The predicted octanol–water partition coefficient (Wildman–Crippen LogP) is 3.48. The number of fused-ring (bicyclic) bond motifs is 2. The number of rotatable bonds is 5. The van der Waals surface area contributed by atoms with Crippen molar-refractivity contribution in [1.82, 2.24) is 10.2 Å². The highest BCUT2D eigenvalue weighted by Gasteiger charge is 2.41. The molecule has 0 saturated carbocycles. The molecule has 3 N–H and O–H groups in total. The number of carbonyl (C=O) groups excluding carboxylic acids is 2. The molecule has 30 heavy (non-hydrogen) atoms. The van der Waals surface area contributed by atoms with Crippen molar-refractivity contribution < 1.29 is 9.59 Å². The molecular weight excluding hydrogens is 374 g/mol. The Balaban J connectivity index is 1.70. The molecule has 3 atom stereocenters. The Morgan fingerprint density at radius 2 is 1.83 bits per heavy atom. The fraction of sp³-hybridized carbons (Fsp3) is 0.600. The standard InChI is InChI=1S/C25H37N3O2/c1-6-17(2)20(27-22(29)21(26)24(3,4)5)23(30)28-15-13-25(14-16-28)12-11-18-9-7-8-10-19(18)25/h7-12,17,20-21H,6,13-16,26H2,1-5H3,(H,27,29)/t17-,20-,21+/m0/s1. The number of carbonyl (C=O) groups is 2. The molecule has 1 aromatic carbocycles. The van der Waals surface area contributed by atoms with Gasteiger partial charge in [-0.05, 0) is 35.3 Å². The van der Waals surface area contributed by atoms with E-state index in [1.165, 1.54) is 11.1 Å². The number of likely N-dealkylation sites (tertiary alicyclic amines) is 1. The number of amides is 2. The summed E-state index contributed by atoms with van der Waals surface area (Å²) in [7, 11) is 0. The van der Waals surface area contributed by atoms with Crippen molar-refractivity contribution in [1.29, 1.82) is 0 Å². The van der Waals surface area contributed by atoms with Crippen LogP contribution in [0.1, 0.15) is 65.0 Å². The molecule has 3 rings (SSSR count). The third-order valence-corrected chi connectivity index (χ3v) is 7.04. The van der Waals surface area contributed by atoms with Gasteiger partial charge < -0.3 is 16.0 Å². The van der Waals surface area contributed by atoms with E-state index in [1.807, 2.05) is 39.5 Å². The first-order valence-electron chi connectivity index (χ1n) is 11.2. The Labute approximate surface area is 181 Å². The number of hydrogen-bond acceptors (Lipinski definition) is 3. The number of hydrogen-bond donors (Lipinski definition) is 2. The van der Waals surface area contributed by atoms with Gasteiger partial charge in [-0.2, -0.15) is 0 Å². The van der Waals surface area contributed by atoms with Gasteiger partial charge in [0.05, 0.1) is 6.04 Å². The average Bonchev–Trinajstić information content (AvgIpc) is 3.08. The Bertz CT molecular complexity index is 816. The Morgan fingerprint density at radius 3 is 2.43 bits per heavy atom. The SMILES string of the molecule is CC[C@H](C)[C@H](NC(=O)[C@@H](N)C(C)(C)C)C(=O)N1CCC2(C=Cc3ccccc32)CC1. The second-order valence-corrected chi connectivity index (χ2v) is 10.1. The van der Waals surface area contributed by atoms with Gasteiger partial charge >= 0.3 is 0 Å². The molecule has 164 valence electrons. The number of nitrogens with zero attached hydrogens (tertiary/aromatic N) is 1. The van der Waals surface area contributed by atoms with Crippen molar-refractivity contribution >= 4 is 17.9 Å². The van der Waals surface area contributed by atoms with E-state index in [-0.39, 0.29) is 28.6 Å². The summed E-state index contributed by atoms with van der Waals surface area (Å²) in [5.74, 6) is -0.178. The van der Waals surface area contributed by atoms with Crippen molar-refractivity contribution in [3.05, 3.63) is 41.5 Å². The maximum Gasteiger partial charge on any atom is 0.245 e. The summed E-state index contributed by atoms with van der Waals surface area (Å²) in [5, 5.41) is 2.98. The second-order valence-electron chi connectivity index (χ2n) is 10.1. The third-order valence-electron chi connectivity index (χ3n) is 7.04. The van der Waals surface area contributed by atoms with E-state index in [1.54, 1.807) is 0 Å². The molecule has 1 spiro atoms. The monoisotopic (exact) mass is 411 g/mol. The lowest BCUT2D eigenvalue weighted by Gasteiger charge is -2.41. The first-order chi connectivity index (χ1) is 14.1. The van der Waals surface area contributed by atoms with Crippen LogP contribution < -0.4 is 11.1 Å². The van der Waals surface area contributed by atoms with Crippen LogP contribution >= 0.6 is 0 Å². The lowest BCUT2D eigenvalue weighted by atomic mass is 9.74. The van der Waals surface area contributed by atoms with Gasteiger partial charge in [-0.3, -0.25) is 9.59 Å². The van der Waals surface area contributed by atoms with Crippen LogP contribution in [0.3, 0.4) is 0 Å². The van der Waals surface area contributed by atoms with Crippen LogP contribution in [0.15, 0.2) is 30.3 Å². The summed E-state index contributed by atoms with van der Waals surface area (Å²) in [6, 6.07) is 7.35. The van der Waals surface area contributed by atoms with E-state index in [4.69, 9.17) is 5.73 Å². The molecule has 0 unspecified atom stereocenters. The topological polar surface area (TPSA) is 75.4 Å². The lowest BCUT2D eigenvalue weighted by Crippen LogP contribution is -2.58. The smallest absolute Gasteiger partial charge is 0.245 e. The molecule has 5 nitrogen and oxygen atoms in total. The number of nitrogens with one attached hydrogen (secondary N) is 1. The highest BCUT2D eigenvalue weighted by Crippen LogP contribution is 2.43. The van der Waals surface area contributed by atoms with Crippen LogP contribution in [0.5, 0.6) is 0 Å². The average molecular weight is 412 g/mol. The fourth-order valence-electron chi connectivity index (χ4n) is 4.51. The Morgan fingerprint density at radius 1 is 1.20 bits per heavy atom. The minimum Gasteiger partial charge on any atom is -0.343 e. The van der Waals surface area contributed by atoms with Crippen LogP contribution in [-0.4, -0.2) is 41.9 Å². The zero-order valence-electron chi connectivity index (χ0n) is 19.1. The van der Waals surface area contributed by atoms with Gasteiger partial charge in [0.1, 0.15) is 6.04 Å². The normalized spacial score (nSPS) is 20.5. The Kier molecular flexibility index (Phi) is 6.42. The molecule has 0 bridgehead atoms. The highest BCUT2D eigenvalue weighted by molar-refractivity contribution is 5.90. The summed E-state index contributed by atoms with van der Waals surface area (Å²) in [6.45, 7) is 11.3. The van der Waals surface area contributed by atoms with Crippen LogP contribution in [0.2, 0.25) is 0 Å². The number of piperidine rings is 1. The van der Waals surface area contributed by atoms with Crippen LogP contribution in [0.25, 0.3) is 6.08 Å². The van der Waals surface area contributed by atoms with Crippen molar-refractivity contribution in [3.8, 4) is 0 Å². The van der Waals surface area contributed by atoms with Crippen molar-refractivity contribution in [2.45, 2.75) is 71.4 Å². The maximum absolute atomic E-state index is 13.4. The van der Waals surface area contributed by atoms with Crippen LogP contribution in [-0.2, 0) is 15.0 Å². The second kappa shape index (κ2) is 8.54. The van der Waals surface area contributed by atoms with Gasteiger partial charge in [-0.1, -0.05) is 77.5 Å². The van der Waals surface area contributed by atoms with Crippen molar-refractivity contribution in [3.63, 3.8) is 0 Å². The van der Waals surface area contributed by atoms with Gasteiger partial charge in [-0.25, -0.2) is 0 Å². The molecule has 1 aliphatic carbocycles. The summed E-state index contributed by atoms with van der Waals surface area (Å²) in [4.78, 5) is 28.1. The first kappa shape index (κ1) is 22.5. The molecule has 1 aliphatic heterocycles. The summed E-state index contributed by atoms with van der Waals surface area (Å²) in [6.07, 6.45) is 7.16. The zero-order valence-corrected chi connectivity index (χ0v) is 19.1. The first-order valence-corrected chi connectivity index (χ1v) is 11.2. The van der Waals surface area contributed by atoms with E-state index in [2.05, 4.69) is 41.7 Å². The van der Waals surface area contributed by atoms with Crippen LogP contribution in [0.4, 0.5) is 0 Å². The Hall–Kier alpha value is -2.14. The largest absolute Gasteiger partial charge is 0.343 e. The van der Waals surface area contributed by atoms with E-state index < -0.39 is 12.1 Å². The van der Waals surface area contributed by atoms with E-state index >= 15 is 0 Å². The zero-order chi connectivity index (χ0) is 22.1. The molecule has 1 fully saturated rings.